The molecular formula is C22H20BrF2N3O5. The van der Waals surface area contributed by atoms with Gasteiger partial charge in [-0.2, -0.15) is 0 Å². The summed E-state index contributed by atoms with van der Waals surface area (Å²) < 4.78 is 34.0. The molecule has 0 saturated heterocycles. The maximum Gasteiger partial charge on any atom is 0.326 e. The van der Waals surface area contributed by atoms with Gasteiger partial charge in [0.05, 0.1) is 20.1 Å². The fourth-order valence-corrected chi connectivity index (χ4v) is 4.02. The highest BCUT2D eigenvalue weighted by molar-refractivity contribution is 9.10. The maximum atomic E-state index is 14.5. The number of carbonyl (C=O) groups is 4. The number of ether oxygens (including phenoxy) is 1. The Labute approximate surface area is 196 Å². The van der Waals surface area contributed by atoms with Crippen molar-refractivity contribution >= 4 is 39.6 Å². The van der Waals surface area contributed by atoms with Gasteiger partial charge in [0, 0.05) is 29.7 Å². The van der Waals surface area contributed by atoms with E-state index in [1.165, 1.54) is 26.2 Å². The molecule has 3 amide bonds. The van der Waals surface area contributed by atoms with Gasteiger partial charge in [-0.1, -0.05) is 22.0 Å². The van der Waals surface area contributed by atoms with E-state index in [1.54, 1.807) is 0 Å². The van der Waals surface area contributed by atoms with Gasteiger partial charge in [0.2, 0.25) is 5.91 Å². The number of amides is 3. The number of hydrogen-bond acceptors (Lipinski definition) is 6. The minimum atomic E-state index is -2.35. The summed E-state index contributed by atoms with van der Waals surface area (Å²) >= 11 is 3.14. The Bertz CT molecular complexity index is 1160. The van der Waals surface area contributed by atoms with E-state index in [0.29, 0.717) is 9.37 Å². The van der Waals surface area contributed by atoms with Crippen molar-refractivity contribution in [1.29, 1.82) is 0 Å². The lowest BCUT2D eigenvalue weighted by Gasteiger charge is -2.40. The molecule has 0 bridgehead atoms. The quantitative estimate of drug-likeness (QED) is 0.270. The summed E-state index contributed by atoms with van der Waals surface area (Å²) in [7, 11) is 3.83. The average molecular weight is 524 g/mol. The Hall–Kier alpha value is -3.18. The summed E-state index contributed by atoms with van der Waals surface area (Å²) in [5, 5.41) is 1.03. The fraction of sp³-hybridized carbons (Fsp3) is 0.273. The number of nitrogens with zero attached hydrogens (tertiary/aromatic N) is 2. The molecule has 0 spiro atoms. The molecule has 0 aliphatic carbocycles. The van der Waals surface area contributed by atoms with Gasteiger partial charge in [-0.25, -0.2) is 14.2 Å². The molecule has 0 radical (unpaired) electrons. The van der Waals surface area contributed by atoms with Gasteiger partial charge in [-0.05, 0) is 35.9 Å². The third kappa shape index (κ3) is 4.25. The van der Waals surface area contributed by atoms with Crippen LogP contribution in [0.5, 0.6) is 0 Å². The SMILES string of the molecule is CNN(C)C(=O)CC1(C(=O)OC)C(=O)N(Cc2ccc(Br)cc2F)C(=O)c2ccc(F)cc21. The van der Waals surface area contributed by atoms with Gasteiger partial charge in [-0.3, -0.25) is 29.1 Å². The van der Waals surface area contributed by atoms with Crippen molar-refractivity contribution < 1.29 is 32.7 Å². The molecule has 2 aromatic rings. The Morgan fingerprint density at radius 3 is 2.48 bits per heavy atom. The highest BCUT2D eigenvalue weighted by Crippen LogP contribution is 2.40. The van der Waals surface area contributed by atoms with Gasteiger partial charge >= 0.3 is 5.97 Å². The summed E-state index contributed by atoms with van der Waals surface area (Å²) in [6.07, 6.45) is -0.751. The number of halogens is 3. The van der Waals surface area contributed by atoms with Gasteiger partial charge in [0.1, 0.15) is 11.6 Å². The highest BCUT2D eigenvalue weighted by atomic mass is 79.9. The van der Waals surface area contributed by atoms with Gasteiger partial charge in [-0.15, -0.1) is 0 Å². The Kier molecular flexibility index (Phi) is 6.94. The molecule has 0 fully saturated rings. The predicted molar refractivity (Wildman–Crippen MR) is 116 cm³/mol. The van der Waals surface area contributed by atoms with Crippen LogP contribution >= 0.6 is 15.9 Å². The second kappa shape index (κ2) is 9.36. The molecule has 1 atom stereocenters. The zero-order valence-electron chi connectivity index (χ0n) is 17.9. The third-order valence-corrected chi connectivity index (χ3v) is 6.02. The summed E-state index contributed by atoms with van der Waals surface area (Å²) in [4.78, 5) is 53.4. The Morgan fingerprint density at radius 1 is 1.18 bits per heavy atom. The molecular weight excluding hydrogens is 504 g/mol. The minimum absolute atomic E-state index is 0.00268. The predicted octanol–water partition coefficient (Wildman–Crippen LogP) is 2.30. The van der Waals surface area contributed by atoms with Crippen LogP contribution in [0.1, 0.15) is 27.9 Å². The topological polar surface area (TPSA) is 96.0 Å². The van der Waals surface area contributed by atoms with Crippen molar-refractivity contribution in [2.24, 2.45) is 0 Å². The molecule has 174 valence electrons. The number of esters is 1. The van der Waals surface area contributed by atoms with E-state index in [2.05, 4.69) is 21.4 Å². The number of hydrazine groups is 1. The summed E-state index contributed by atoms with van der Waals surface area (Å²) in [5.41, 5.74) is -0.238. The molecule has 0 saturated carbocycles. The van der Waals surface area contributed by atoms with Crippen LogP contribution in [0.25, 0.3) is 0 Å². The van der Waals surface area contributed by atoms with Crippen LogP contribution in [0.4, 0.5) is 8.78 Å². The first-order valence-corrected chi connectivity index (χ1v) is 10.5. The first-order chi connectivity index (χ1) is 15.6. The zero-order chi connectivity index (χ0) is 24.5. The summed E-state index contributed by atoms with van der Waals surface area (Å²) in [6.45, 7) is -0.512. The lowest BCUT2D eigenvalue weighted by Crippen LogP contribution is -2.60. The van der Waals surface area contributed by atoms with Crippen LogP contribution in [0.2, 0.25) is 0 Å². The molecule has 33 heavy (non-hydrogen) atoms. The van der Waals surface area contributed by atoms with Crippen LogP contribution in [-0.2, 0) is 31.1 Å². The van der Waals surface area contributed by atoms with E-state index in [-0.39, 0.29) is 16.7 Å². The number of fused-ring (bicyclic) bond motifs is 1. The first kappa shape index (κ1) is 24.5. The average Bonchev–Trinajstić information content (AvgIpc) is 2.79. The molecule has 11 heteroatoms. The normalized spacial score (nSPS) is 17.6. The molecule has 8 nitrogen and oxygen atoms in total. The van der Waals surface area contributed by atoms with Crippen molar-refractivity contribution in [3.8, 4) is 0 Å². The standard InChI is InChI=1S/C22H20BrF2N3O5/c1-26-27(2)18(29)10-22(21(32)33-3)16-9-14(24)6-7-15(16)19(30)28(20(22)31)11-12-4-5-13(23)8-17(12)25/h4-9,26H,10-11H2,1-3H3. The minimum Gasteiger partial charge on any atom is -0.468 e. The molecule has 1 N–H and O–H groups in total. The zero-order valence-corrected chi connectivity index (χ0v) is 19.5. The molecule has 3 rings (SSSR count). The molecule has 1 aliphatic heterocycles. The number of carbonyl (C=O) groups excluding carboxylic acids is 4. The van der Waals surface area contributed by atoms with Gasteiger partial charge < -0.3 is 4.74 Å². The molecule has 1 aliphatic rings. The van der Waals surface area contributed by atoms with E-state index < -0.39 is 53.7 Å². The second-order valence-corrected chi connectivity index (χ2v) is 8.29. The smallest absolute Gasteiger partial charge is 0.326 e. The van der Waals surface area contributed by atoms with Crippen molar-refractivity contribution in [2.75, 3.05) is 21.2 Å². The largest absolute Gasteiger partial charge is 0.468 e. The molecule has 1 unspecified atom stereocenters. The third-order valence-electron chi connectivity index (χ3n) is 5.53. The van der Waals surface area contributed by atoms with Crippen LogP contribution < -0.4 is 5.43 Å². The molecule has 1 heterocycles. The van der Waals surface area contributed by atoms with E-state index >= 15 is 0 Å². The molecule has 0 aromatic heterocycles. The number of hydrogen-bond donors (Lipinski definition) is 1. The Balaban J connectivity index is 2.23. The van der Waals surface area contributed by atoms with Crippen molar-refractivity contribution in [1.82, 2.24) is 15.3 Å². The van der Waals surface area contributed by atoms with Crippen molar-refractivity contribution in [3.63, 3.8) is 0 Å². The van der Waals surface area contributed by atoms with Crippen LogP contribution in [0, 0.1) is 11.6 Å². The van der Waals surface area contributed by atoms with Crippen LogP contribution in [0.15, 0.2) is 40.9 Å². The number of methoxy groups -OCH3 is 1. The number of nitrogens with one attached hydrogen (secondary N) is 1. The van der Waals surface area contributed by atoms with Gasteiger partial charge in [0.25, 0.3) is 11.8 Å². The number of imide groups is 1. The number of benzene rings is 2. The lowest BCUT2D eigenvalue weighted by atomic mass is 9.71. The lowest BCUT2D eigenvalue weighted by molar-refractivity contribution is -0.160. The van der Waals surface area contributed by atoms with Crippen molar-refractivity contribution in [3.05, 3.63) is 69.2 Å². The summed E-state index contributed by atoms with van der Waals surface area (Å²) in [6, 6.07) is 7.05. The monoisotopic (exact) mass is 523 g/mol. The van der Waals surface area contributed by atoms with E-state index in [1.807, 2.05) is 0 Å². The highest BCUT2D eigenvalue weighted by Gasteiger charge is 2.58. The second-order valence-electron chi connectivity index (χ2n) is 7.37. The van der Waals surface area contributed by atoms with E-state index in [4.69, 9.17) is 4.74 Å². The van der Waals surface area contributed by atoms with Crippen molar-refractivity contribution in [2.45, 2.75) is 18.4 Å². The Morgan fingerprint density at radius 2 is 1.88 bits per heavy atom. The van der Waals surface area contributed by atoms with Crippen LogP contribution in [-0.4, -0.2) is 54.8 Å². The summed E-state index contributed by atoms with van der Waals surface area (Å²) in [5.74, 6) is -5.32. The maximum absolute atomic E-state index is 14.5. The molecule has 2 aromatic carbocycles. The van der Waals surface area contributed by atoms with E-state index in [0.717, 1.165) is 36.4 Å². The van der Waals surface area contributed by atoms with E-state index in [9.17, 15) is 28.0 Å². The van der Waals surface area contributed by atoms with Gasteiger partial charge in [0.15, 0.2) is 5.41 Å². The number of rotatable bonds is 6. The fourth-order valence-electron chi connectivity index (χ4n) is 3.69. The first-order valence-electron chi connectivity index (χ1n) is 9.69. The van der Waals surface area contributed by atoms with Crippen LogP contribution in [0.3, 0.4) is 0 Å².